The second-order valence-electron chi connectivity index (χ2n) is 6.09. The summed E-state index contributed by atoms with van der Waals surface area (Å²) in [7, 11) is 0. The zero-order valence-electron chi connectivity index (χ0n) is 14.4. The highest BCUT2D eigenvalue weighted by Gasteiger charge is 2.42. The molecule has 0 radical (unpaired) electrons. The maximum absolute atomic E-state index is 11.8. The molecule has 2 fully saturated rings. The van der Waals surface area contributed by atoms with Crippen LogP contribution in [0.15, 0.2) is 0 Å². The lowest BCUT2D eigenvalue weighted by Crippen LogP contribution is -2.36. The van der Waals surface area contributed by atoms with E-state index in [0.717, 1.165) is 25.0 Å². The molecule has 2 aliphatic heterocycles. The molecule has 0 unspecified atom stereocenters. The predicted octanol–water partition coefficient (Wildman–Crippen LogP) is 0.495. The number of urea groups is 1. The molecule has 0 aromatic rings. The molecule has 2 saturated heterocycles. The first-order chi connectivity index (χ1) is 12.2. The van der Waals surface area contributed by atoms with E-state index in [9.17, 15) is 9.59 Å². The fraction of sp³-hybridized carbons (Fsp3) is 0.765. The molecule has 0 saturated carbocycles. The quantitative estimate of drug-likeness (QED) is 0.265. The third-order valence-electron chi connectivity index (χ3n) is 4.21. The predicted molar refractivity (Wildman–Crippen MR) is 97.4 cm³/mol. The molecule has 3 amide bonds. The third-order valence-corrected chi connectivity index (χ3v) is 5.72. The van der Waals surface area contributed by atoms with E-state index < -0.39 is 0 Å². The summed E-state index contributed by atoms with van der Waals surface area (Å²) in [5, 5.41) is 9.23. The molecule has 2 aliphatic rings. The molecular formula is C17H27N3O4S. The van der Waals surface area contributed by atoms with Crippen LogP contribution in [-0.4, -0.2) is 68.0 Å². The van der Waals surface area contributed by atoms with Gasteiger partial charge in [-0.05, 0) is 12.8 Å². The average Bonchev–Trinajstić information content (AvgIpc) is 3.13. The average molecular weight is 369 g/mol. The van der Waals surface area contributed by atoms with Gasteiger partial charge in [-0.3, -0.25) is 4.79 Å². The highest BCUT2D eigenvalue weighted by atomic mass is 32.2. The van der Waals surface area contributed by atoms with E-state index in [4.69, 9.17) is 15.9 Å². The first-order valence-electron chi connectivity index (χ1n) is 8.75. The van der Waals surface area contributed by atoms with Crippen LogP contribution in [-0.2, 0) is 14.3 Å². The Bertz CT molecular complexity index is 483. The highest BCUT2D eigenvalue weighted by molar-refractivity contribution is 8.00. The SMILES string of the molecule is C#CCOCCOCCNC(=O)CCCC[C@@H]1SC[C@@H]2NC(=O)N[C@@H]21. The largest absolute Gasteiger partial charge is 0.377 e. The molecule has 140 valence electrons. The minimum absolute atomic E-state index is 0.0514. The fourth-order valence-corrected chi connectivity index (χ4v) is 4.52. The van der Waals surface area contributed by atoms with Crippen molar-refractivity contribution in [3.63, 3.8) is 0 Å². The number of unbranched alkanes of at least 4 members (excludes halogenated alkanes) is 1. The van der Waals surface area contributed by atoms with Crippen LogP contribution < -0.4 is 16.0 Å². The molecule has 7 nitrogen and oxygen atoms in total. The van der Waals surface area contributed by atoms with Gasteiger partial charge >= 0.3 is 6.03 Å². The van der Waals surface area contributed by atoms with Gasteiger partial charge in [0.15, 0.2) is 0 Å². The van der Waals surface area contributed by atoms with Gasteiger partial charge in [-0.2, -0.15) is 11.8 Å². The number of carbonyl (C=O) groups excluding carboxylic acids is 2. The van der Waals surface area contributed by atoms with Gasteiger partial charge in [-0.1, -0.05) is 12.3 Å². The number of amides is 3. The molecule has 0 spiro atoms. The minimum atomic E-state index is -0.0514. The number of fused-ring (bicyclic) bond motifs is 1. The zero-order valence-corrected chi connectivity index (χ0v) is 15.2. The van der Waals surface area contributed by atoms with Gasteiger partial charge in [-0.25, -0.2) is 4.79 Å². The number of rotatable bonds is 12. The summed E-state index contributed by atoms with van der Waals surface area (Å²) in [6.07, 6.45) is 8.47. The van der Waals surface area contributed by atoms with Crippen molar-refractivity contribution in [2.24, 2.45) is 0 Å². The van der Waals surface area contributed by atoms with Crippen LogP contribution in [0.5, 0.6) is 0 Å². The monoisotopic (exact) mass is 369 g/mol. The third kappa shape index (κ3) is 7.14. The summed E-state index contributed by atoms with van der Waals surface area (Å²) in [4.78, 5) is 23.1. The van der Waals surface area contributed by atoms with Gasteiger partial charge in [0.25, 0.3) is 0 Å². The van der Waals surface area contributed by atoms with Gasteiger partial charge in [0.2, 0.25) is 5.91 Å². The van der Waals surface area contributed by atoms with Crippen molar-refractivity contribution < 1.29 is 19.1 Å². The molecule has 0 aromatic heterocycles. The summed E-state index contributed by atoms with van der Waals surface area (Å²) in [6, 6.07) is 0.459. The molecule has 0 bridgehead atoms. The van der Waals surface area contributed by atoms with E-state index in [-0.39, 0.29) is 24.0 Å². The number of nitrogens with one attached hydrogen (secondary N) is 3. The number of hydrogen-bond acceptors (Lipinski definition) is 5. The molecule has 2 heterocycles. The van der Waals surface area contributed by atoms with Crippen molar-refractivity contribution in [1.29, 1.82) is 0 Å². The molecule has 2 rings (SSSR count). The maximum Gasteiger partial charge on any atom is 0.315 e. The summed E-state index contributed by atoms with van der Waals surface area (Å²) in [5.74, 6) is 3.41. The summed E-state index contributed by atoms with van der Waals surface area (Å²) in [5.41, 5.74) is 0. The molecule has 25 heavy (non-hydrogen) atoms. The van der Waals surface area contributed by atoms with Gasteiger partial charge < -0.3 is 25.4 Å². The van der Waals surface area contributed by atoms with E-state index >= 15 is 0 Å². The number of ether oxygens (including phenoxy) is 2. The van der Waals surface area contributed by atoms with E-state index in [1.807, 2.05) is 11.8 Å². The van der Waals surface area contributed by atoms with Crippen molar-refractivity contribution >= 4 is 23.7 Å². The second kappa shape index (κ2) is 11.2. The minimum Gasteiger partial charge on any atom is -0.377 e. The highest BCUT2D eigenvalue weighted by Crippen LogP contribution is 2.33. The van der Waals surface area contributed by atoms with Crippen molar-refractivity contribution in [2.45, 2.75) is 43.0 Å². The number of thioether (sulfide) groups is 1. The Morgan fingerprint density at radius 1 is 1.28 bits per heavy atom. The van der Waals surface area contributed by atoms with E-state index in [0.29, 0.717) is 44.6 Å². The Kier molecular flexibility index (Phi) is 8.94. The second-order valence-corrected chi connectivity index (χ2v) is 7.36. The molecule has 0 aliphatic carbocycles. The van der Waals surface area contributed by atoms with Gasteiger partial charge in [0, 0.05) is 24.0 Å². The van der Waals surface area contributed by atoms with Crippen LogP contribution >= 0.6 is 11.8 Å². The standard InChI is InChI=1S/C17H27N3O4S/c1-2-8-23-10-11-24-9-7-18-15(21)6-4-3-5-14-16-13(12-25-14)19-17(22)20-16/h1,13-14,16H,3-12H2,(H,18,21)(H2,19,20,22)/t13-,14-,16-/m0/s1. The first-order valence-corrected chi connectivity index (χ1v) is 9.80. The smallest absolute Gasteiger partial charge is 0.315 e. The van der Waals surface area contributed by atoms with Crippen LogP contribution in [0.25, 0.3) is 0 Å². The lowest BCUT2D eigenvalue weighted by Gasteiger charge is -2.16. The maximum atomic E-state index is 11.8. The Hall–Kier alpha value is -1.43. The Balaban J connectivity index is 1.41. The van der Waals surface area contributed by atoms with E-state index in [2.05, 4.69) is 21.9 Å². The topological polar surface area (TPSA) is 88.7 Å². The molecule has 3 N–H and O–H groups in total. The Morgan fingerprint density at radius 2 is 2.12 bits per heavy atom. The normalized spacial score (nSPS) is 24.3. The molecule has 8 heteroatoms. The number of terminal acetylenes is 1. The van der Waals surface area contributed by atoms with Crippen molar-refractivity contribution in [3.8, 4) is 12.3 Å². The molecule has 3 atom stereocenters. The van der Waals surface area contributed by atoms with Crippen LogP contribution in [0.4, 0.5) is 4.79 Å². The Morgan fingerprint density at radius 3 is 2.96 bits per heavy atom. The summed E-state index contributed by atoms with van der Waals surface area (Å²) in [6.45, 7) is 2.22. The van der Waals surface area contributed by atoms with Gasteiger partial charge in [0.05, 0.1) is 31.9 Å². The van der Waals surface area contributed by atoms with E-state index in [1.165, 1.54) is 0 Å². The van der Waals surface area contributed by atoms with Gasteiger partial charge in [-0.15, -0.1) is 6.42 Å². The van der Waals surface area contributed by atoms with Crippen LogP contribution in [0.2, 0.25) is 0 Å². The first kappa shape index (κ1) is 19.9. The zero-order chi connectivity index (χ0) is 17.9. The lowest BCUT2D eigenvalue weighted by atomic mass is 10.0. The lowest BCUT2D eigenvalue weighted by molar-refractivity contribution is -0.121. The summed E-state index contributed by atoms with van der Waals surface area (Å²) >= 11 is 1.91. The van der Waals surface area contributed by atoms with Crippen LogP contribution in [0.3, 0.4) is 0 Å². The number of carbonyl (C=O) groups is 2. The number of hydrogen-bond donors (Lipinski definition) is 3. The van der Waals surface area contributed by atoms with Gasteiger partial charge in [0.1, 0.15) is 6.61 Å². The van der Waals surface area contributed by atoms with Crippen molar-refractivity contribution in [1.82, 2.24) is 16.0 Å². The van der Waals surface area contributed by atoms with Crippen LogP contribution in [0.1, 0.15) is 25.7 Å². The van der Waals surface area contributed by atoms with Crippen molar-refractivity contribution in [3.05, 3.63) is 0 Å². The Labute approximate surface area is 153 Å². The summed E-state index contributed by atoms with van der Waals surface area (Å²) < 4.78 is 10.4. The van der Waals surface area contributed by atoms with Crippen LogP contribution in [0, 0.1) is 12.3 Å². The van der Waals surface area contributed by atoms with E-state index in [1.54, 1.807) is 0 Å². The van der Waals surface area contributed by atoms with Crippen molar-refractivity contribution in [2.75, 3.05) is 38.7 Å². The molecule has 0 aromatic carbocycles. The fourth-order valence-electron chi connectivity index (χ4n) is 2.98. The molecular weight excluding hydrogens is 342 g/mol.